The van der Waals surface area contributed by atoms with Crippen LogP contribution in [0, 0.1) is 12.3 Å². The van der Waals surface area contributed by atoms with Crippen molar-refractivity contribution in [1.29, 1.82) is 0 Å². The quantitative estimate of drug-likeness (QED) is 0.705. The predicted octanol–water partition coefficient (Wildman–Crippen LogP) is 0.867. The van der Waals surface area contributed by atoms with Crippen LogP contribution in [0.5, 0.6) is 0 Å². The molecule has 0 radical (unpaired) electrons. The largest absolute Gasteiger partial charge is 0.370 e. The molecule has 4 nitrogen and oxygen atoms in total. The van der Waals surface area contributed by atoms with Gasteiger partial charge in [0.2, 0.25) is 0 Å². The van der Waals surface area contributed by atoms with Crippen LogP contribution < -0.4 is 10.5 Å². The Bertz CT molecular complexity index is 452. The summed E-state index contributed by atoms with van der Waals surface area (Å²) in [5.74, 6) is 2.50. The van der Waals surface area contributed by atoms with E-state index in [0.717, 1.165) is 18.8 Å². The van der Waals surface area contributed by atoms with Crippen molar-refractivity contribution in [2.45, 2.75) is 25.8 Å². The Morgan fingerprint density at radius 1 is 1.44 bits per heavy atom. The van der Waals surface area contributed by atoms with E-state index in [0.29, 0.717) is 13.0 Å². The van der Waals surface area contributed by atoms with E-state index < -0.39 is 0 Å². The molecule has 0 atom stereocenters. The summed E-state index contributed by atoms with van der Waals surface area (Å²) in [6, 6.07) is 1.65. The first-order valence-electron chi connectivity index (χ1n) is 5.57. The molecule has 2 rings (SSSR count). The van der Waals surface area contributed by atoms with Gasteiger partial charge in [0.1, 0.15) is 0 Å². The Hall–Kier alpha value is -1.76. The van der Waals surface area contributed by atoms with Crippen molar-refractivity contribution in [3.05, 3.63) is 22.6 Å². The second-order valence-electron chi connectivity index (χ2n) is 3.92. The lowest BCUT2D eigenvalue weighted by Gasteiger charge is -2.16. The molecule has 0 aromatic carbocycles. The first-order valence-corrected chi connectivity index (χ1v) is 5.57. The van der Waals surface area contributed by atoms with Gasteiger partial charge in [0.15, 0.2) is 0 Å². The summed E-state index contributed by atoms with van der Waals surface area (Å²) in [5.41, 5.74) is 0.860. The minimum atomic E-state index is -0.0698. The van der Waals surface area contributed by atoms with E-state index in [9.17, 15) is 4.79 Å². The number of nitrogens with zero attached hydrogens (tertiary/aromatic N) is 3. The molecular formula is C12H15N3O. The highest BCUT2D eigenvalue weighted by Crippen LogP contribution is 2.16. The summed E-state index contributed by atoms with van der Waals surface area (Å²) in [5, 5.41) is 4.13. The van der Waals surface area contributed by atoms with Crippen molar-refractivity contribution in [2.24, 2.45) is 0 Å². The molecule has 1 aliphatic heterocycles. The SMILES string of the molecule is C#CCCn1ncc(N2CCCC2)cc1=O. The van der Waals surface area contributed by atoms with Gasteiger partial charge in [-0.3, -0.25) is 4.79 Å². The first kappa shape index (κ1) is 10.7. The van der Waals surface area contributed by atoms with E-state index in [-0.39, 0.29) is 5.56 Å². The minimum Gasteiger partial charge on any atom is -0.370 e. The molecule has 84 valence electrons. The van der Waals surface area contributed by atoms with Crippen LogP contribution in [0.15, 0.2) is 17.1 Å². The number of hydrogen-bond acceptors (Lipinski definition) is 3. The standard InChI is InChI=1S/C12H15N3O/c1-2-3-8-15-12(16)9-11(10-13-15)14-6-4-5-7-14/h1,9-10H,3-8H2. The van der Waals surface area contributed by atoms with Gasteiger partial charge in [-0.05, 0) is 12.8 Å². The van der Waals surface area contributed by atoms with Crippen LogP contribution in [0.25, 0.3) is 0 Å². The molecule has 16 heavy (non-hydrogen) atoms. The third-order valence-corrected chi connectivity index (χ3v) is 2.79. The zero-order chi connectivity index (χ0) is 11.4. The van der Waals surface area contributed by atoms with Crippen molar-refractivity contribution in [3.8, 4) is 12.3 Å². The van der Waals surface area contributed by atoms with Gasteiger partial charge >= 0.3 is 0 Å². The maximum atomic E-state index is 11.7. The Balaban J connectivity index is 2.16. The molecule has 4 heteroatoms. The molecule has 1 aromatic rings. The molecule has 0 saturated carbocycles. The van der Waals surface area contributed by atoms with Crippen molar-refractivity contribution < 1.29 is 0 Å². The van der Waals surface area contributed by atoms with Crippen LogP contribution in [-0.4, -0.2) is 22.9 Å². The Kier molecular flexibility index (Phi) is 3.25. The van der Waals surface area contributed by atoms with Crippen LogP contribution >= 0.6 is 0 Å². The van der Waals surface area contributed by atoms with Crippen LogP contribution in [0.1, 0.15) is 19.3 Å². The zero-order valence-corrected chi connectivity index (χ0v) is 9.22. The Morgan fingerprint density at radius 2 is 2.19 bits per heavy atom. The molecule has 1 aliphatic rings. The summed E-state index contributed by atoms with van der Waals surface area (Å²) in [6.45, 7) is 2.54. The summed E-state index contributed by atoms with van der Waals surface area (Å²) in [4.78, 5) is 13.9. The number of anilines is 1. The summed E-state index contributed by atoms with van der Waals surface area (Å²) in [7, 11) is 0. The van der Waals surface area contributed by atoms with Crippen molar-refractivity contribution in [3.63, 3.8) is 0 Å². The number of hydrogen-bond donors (Lipinski definition) is 0. The fraction of sp³-hybridized carbons (Fsp3) is 0.500. The van der Waals surface area contributed by atoms with E-state index in [2.05, 4.69) is 15.9 Å². The van der Waals surface area contributed by atoms with Gasteiger partial charge in [0.25, 0.3) is 5.56 Å². The highest BCUT2D eigenvalue weighted by Gasteiger charge is 2.13. The van der Waals surface area contributed by atoms with E-state index >= 15 is 0 Å². The third kappa shape index (κ3) is 2.25. The van der Waals surface area contributed by atoms with E-state index in [4.69, 9.17) is 6.42 Å². The lowest BCUT2D eigenvalue weighted by molar-refractivity contribution is 0.589. The molecule has 0 unspecified atom stereocenters. The molecule has 1 fully saturated rings. The topological polar surface area (TPSA) is 38.1 Å². The smallest absolute Gasteiger partial charge is 0.268 e. The molecule has 0 spiro atoms. The number of aryl methyl sites for hydroxylation is 1. The number of terminal acetylenes is 1. The molecule has 0 N–H and O–H groups in total. The van der Waals surface area contributed by atoms with Crippen molar-refractivity contribution in [1.82, 2.24) is 9.78 Å². The van der Waals surface area contributed by atoms with Gasteiger partial charge in [0.05, 0.1) is 18.4 Å². The Morgan fingerprint density at radius 3 is 2.81 bits per heavy atom. The summed E-state index contributed by atoms with van der Waals surface area (Å²) >= 11 is 0. The maximum Gasteiger partial charge on any atom is 0.268 e. The zero-order valence-electron chi connectivity index (χ0n) is 9.22. The van der Waals surface area contributed by atoms with Gasteiger partial charge in [-0.1, -0.05) is 0 Å². The van der Waals surface area contributed by atoms with Gasteiger partial charge in [-0.2, -0.15) is 5.10 Å². The van der Waals surface area contributed by atoms with E-state index in [1.54, 1.807) is 12.3 Å². The average Bonchev–Trinajstić information content (AvgIpc) is 2.81. The monoisotopic (exact) mass is 217 g/mol. The maximum absolute atomic E-state index is 11.7. The minimum absolute atomic E-state index is 0.0698. The highest BCUT2D eigenvalue weighted by atomic mass is 16.1. The summed E-state index contributed by atoms with van der Waals surface area (Å²) in [6.07, 6.45) is 9.83. The first-order chi connectivity index (χ1) is 7.81. The van der Waals surface area contributed by atoms with Crippen molar-refractivity contribution >= 4 is 5.69 Å². The van der Waals surface area contributed by atoms with Crippen LogP contribution in [-0.2, 0) is 6.54 Å². The fourth-order valence-electron chi connectivity index (χ4n) is 1.91. The molecule has 1 aromatic heterocycles. The van der Waals surface area contributed by atoms with Gasteiger partial charge < -0.3 is 4.90 Å². The second kappa shape index (κ2) is 4.84. The highest BCUT2D eigenvalue weighted by molar-refractivity contribution is 5.43. The normalized spacial score (nSPS) is 15.1. The van der Waals surface area contributed by atoms with Crippen LogP contribution in [0.3, 0.4) is 0 Å². The second-order valence-corrected chi connectivity index (χ2v) is 3.92. The molecule has 1 saturated heterocycles. The van der Waals surface area contributed by atoms with Gasteiger partial charge in [-0.15, -0.1) is 12.3 Å². The van der Waals surface area contributed by atoms with Gasteiger partial charge in [-0.25, -0.2) is 4.68 Å². The predicted molar refractivity (Wildman–Crippen MR) is 63.4 cm³/mol. The molecule has 0 aliphatic carbocycles. The lowest BCUT2D eigenvalue weighted by Crippen LogP contribution is -2.26. The van der Waals surface area contributed by atoms with Crippen LogP contribution in [0.2, 0.25) is 0 Å². The molecule has 0 amide bonds. The number of rotatable bonds is 3. The average molecular weight is 217 g/mol. The summed E-state index contributed by atoms with van der Waals surface area (Å²) < 4.78 is 1.42. The Labute approximate surface area is 94.9 Å². The third-order valence-electron chi connectivity index (χ3n) is 2.79. The molecule has 0 bridgehead atoms. The number of aromatic nitrogens is 2. The van der Waals surface area contributed by atoms with Crippen LogP contribution in [0.4, 0.5) is 5.69 Å². The van der Waals surface area contributed by atoms with E-state index in [1.165, 1.54) is 17.5 Å². The molecule has 2 heterocycles. The van der Waals surface area contributed by atoms with E-state index in [1.807, 2.05) is 0 Å². The fourth-order valence-corrected chi connectivity index (χ4v) is 1.91. The van der Waals surface area contributed by atoms with Gasteiger partial charge in [0, 0.05) is 25.6 Å². The van der Waals surface area contributed by atoms with Crippen molar-refractivity contribution in [2.75, 3.05) is 18.0 Å². The lowest BCUT2D eigenvalue weighted by atomic mass is 10.4. The molecular weight excluding hydrogens is 202 g/mol.